The first-order valence-electron chi connectivity index (χ1n) is 12.4. The highest BCUT2D eigenvalue weighted by molar-refractivity contribution is 5.92. The number of amides is 1. The van der Waals surface area contributed by atoms with Crippen LogP contribution in [0.2, 0.25) is 0 Å². The van der Waals surface area contributed by atoms with E-state index in [0.29, 0.717) is 23.9 Å². The summed E-state index contributed by atoms with van der Waals surface area (Å²) < 4.78 is 10.9. The maximum atomic E-state index is 13.3. The highest BCUT2D eigenvalue weighted by atomic mass is 16.5. The number of hydrogen-bond acceptors (Lipinski definition) is 6. The average molecular weight is 490 g/mol. The first kappa shape index (κ1) is 25.5. The molecular weight excluding hydrogens is 454 g/mol. The Hall–Kier alpha value is -3.58. The standard InChI is InChI=1S/C29H35N3O4/c1-31(29(34)25-10-4-5-15-30-25)26(19-21-8-6-9-23(18-21)35-2)22-13-16-32(17-14-22)20-24-27(33)11-7-12-28(24)36-3/h4-12,15,18,22,26,33H,13-14,16-17,19-20H2,1-3H3. The van der Waals surface area contributed by atoms with Gasteiger partial charge >= 0.3 is 0 Å². The van der Waals surface area contributed by atoms with Crippen LogP contribution in [0.1, 0.15) is 34.5 Å². The summed E-state index contributed by atoms with van der Waals surface area (Å²) in [6.07, 6.45) is 4.29. The molecule has 1 aliphatic rings. The first-order chi connectivity index (χ1) is 17.5. The van der Waals surface area contributed by atoms with Gasteiger partial charge in [0.05, 0.1) is 14.2 Å². The van der Waals surface area contributed by atoms with Crippen molar-refractivity contribution in [3.8, 4) is 17.2 Å². The predicted octanol–water partition coefficient (Wildman–Crippen LogP) is 4.40. The van der Waals surface area contributed by atoms with Crippen LogP contribution < -0.4 is 9.47 Å². The Kier molecular flexibility index (Phi) is 8.44. The summed E-state index contributed by atoms with van der Waals surface area (Å²) in [6.45, 7) is 2.39. The third-order valence-corrected chi connectivity index (χ3v) is 7.17. The minimum Gasteiger partial charge on any atom is -0.507 e. The predicted molar refractivity (Wildman–Crippen MR) is 139 cm³/mol. The second-order valence-electron chi connectivity index (χ2n) is 9.33. The van der Waals surface area contributed by atoms with Crippen molar-refractivity contribution in [2.75, 3.05) is 34.4 Å². The molecule has 0 radical (unpaired) electrons. The van der Waals surface area contributed by atoms with Gasteiger partial charge in [-0.1, -0.05) is 24.3 Å². The van der Waals surface area contributed by atoms with Gasteiger partial charge in [-0.3, -0.25) is 14.7 Å². The average Bonchev–Trinajstić information content (AvgIpc) is 2.93. The van der Waals surface area contributed by atoms with Crippen molar-refractivity contribution in [2.45, 2.75) is 31.8 Å². The molecule has 4 rings (SSSR count). The van der Waals surface area contributed by atoms with E-state index in [1.54, 1.807) is 38.6 Å². The molecule has 2 aromatic carbocycles. The number of benzene rings is 2. The van der Waals surface area contributed by atoms with Gasteiger partial charge in [0.25, 0.3) is 5.91 Å². The highest BCUT2D eigenvalue weighted by Gasteiger charge is 2.32. The lowest BCUT2D eigenvalue weighted by Crippen LogP contribution is -2.47. The second-order valence-corrected chi connectivity index (χ2v) is 9.33. The number of methoxy groups -OCH3 is 2. The van der Waals surface area contributed by atoms with Crippen molar-refractivity contribution in [1.29, 1.82) is 0 Å². The summed E-state index contributed by atoms with van der Waals surface area (Å²) in [7, 11) is 5.19. The zero-order valence-corrected chi connectivity index (χ0v) is 21.3. The molecule has 1 aliphatic heterocycles. The van der Waals surface area contributed by atoms with Gasteiger partial charge in [-0.15, -0.1) is 0 Å². The van der Waals surface area contributed by atoms with Crippen LogP contribution in [0.4, 0.5) is 0 Å². The quantitative estimate of drug-likeness (QED) is 0.480. The summed E-state index contributed by atoms with van der Waals surface area (Å²) in [5, 5.41) is 10.4. The second kappa shape index (κ2) is 11.9. The zero-order valence-electron chi connectivity index (χ0n) is 21.3. The van der Waals surface area contributed by atoms with Crippen molar-refractivity contribution in [3.05, 3.63) is 83.7 Å². The number of rotatable bonds is 9. The maximum Gasteiger partial charge on any atom is 0.272 e. The SMILES string of the molecule is COc1cccc(CC(C2CCN(Cc3c(O)cccc3OC)CC2)N(C)C(=O)c2ccccn2)c1. The van der Waals surface area contributed by atoms with Crippen LogP contribution in [0.15, 0.2) is 66.9 Å². The van der Waals surface area contributed by atoms with Gasteiger partial charge in [0.1, 0.15) is 22.9 Å². The number of aromatic nitrogens is 1. The topological polar surface area (TPSA) is 75.1 Å². The normalized spacial score (nSPS) is 15.3. The minimum atomic E-state index is -0.0649. The monoisotopic (exact) mass is 489 g/mol. The van der Waals surface area contributed by atoms with Crippen molar-refractivity contribution < 1.29 is 19.4 Å². The van der Waals surface area contributed by atoms with Crippen LogP contribution >= 0.6 is 0 Å². The number of nitrogens with zero attached hydrogens (tertiary/aromatic N) is 3. The third-order valence-electron chi connectivity index (χ3n) is 7.17. The van der Waals surface area contributed by atoms with Gasteiger partial charge in [-0.05, 0) is 80.2 Å². The van der Waals surface area contributed by atoms with Crippen molar-refractivity contribution in [3.63, 3.8) is 0 Å². The van der Waals surface area contributed by atoms with Gasteiger partial charge in [-0.25, -0.2) is 0 Å². The number of carbonyl (C=O) groups is 1. The first-order valence-corrected chi connectivity index (χ1v) is 12.4. The molecule has 1 saturated heterocycles. The third kappa shape index (κ3) is 5.97. The number of aromatic hydroxyl groups is 1. The van der Waals surface area contributed by atoms with Crippen LogP contribution in [0.5, 0.6) is 17.2 Å². The van der Waals surface area contributed by atoms with E-state index in [1.807, 2.05) is 48.3 Å². The molecule has 1 amide bonds. The van der Waals surface area contributed by atoms with Crippen LogP contribution in [-0.4, -0.2) is 66.2 Å². The van der Waals surface area contributed by atoms with Gasteiger partial charge in [0.2, 0.25) is 0 Å². The van der Waals surface area contributed by atoms with Crippen LogP contribution in [0.25, 0.3) is 0 Å². The number of hydrogen-bond donors (Lipinski definition) is 1. The molecule has 0 bridgehead atoms. The zero-order chi connectivity index (χ0) is 25.5. The molecule has 0 aliphatic carbocycles. The van der Waals surface area contributed by atoms with E-state index >= 15 is 0 Å². The Bertz CT molecular complexity index is 1150. The molecule has 0 saturated carbocycles. The smallest absolute Gasteiger partial charge is 0.272 e. The Morgan fingerprint density at radius 2 is 1.86 bits per heavy atom. The summed E-state index contributed by atoms with van der Waals surface area (Å²) in [5.41, 5.74) is 2.41. The molecule has 7 heteroatoms. The van der Waals surface area contributed by atoms with E-state index in [1.165, 1.54) is 0 Å². The summed E-state index contributed by atoms with van der Waals surface area (Å²) in [5.74, 6) is 2.04. The summed E-state index contributed by atoms with van der Waals surface area (Å²) in [4.78, 5) is 21.8. The Morgan fingerprint density at radius 3 is 2.56 bits per heavy atom. The molecule has 1 aromatic heterocycles. The van der Waals surface area contributed by atoms with Crippen LogP contribution in [0.3, 0.4) is 0 Å². The summed E-state index contributed by atoms with van der Waals surface area (Å²) >= 11 is 0. The fraction of sp³-hybridized carbons (Fsp3) is 0.379. The lowest BCUT2D eigenvalue weighted by atomic mass is 9.84. The molecule has 3 aromatic rings. The van der Waals surface area contributed by atoms with E-state index in [9.17, 15) is 9.90 Å². The molecule has 7 nitrogen and oxygen atoms in total. The van der Waals surface area contributed by atoms with E-state index in [2.05, 4.69) is 16.0 Å². The highest BCUT2D eigenvalue weighted by Crippen LogP contribution is 2.32. The van der Waals surface area contributed by atoms with E-state index < -0.39 is 0 Å². The van der Waals surface area contributed by atoms with E-state index in [-0.39, 0.29) is 17.7 Å². The number of pyridine rings is 1. The molecule has 190 valence electrons. The lowest BCUT2D eigenvalue weighted by molar-refractivity contribution is 0.0578. The van der Waals surface area contributed by atoms with Gasteiger partial charge in [0.15, 0.2) is 0 Å². The number of piperidine rings is 1. The molecule has 1 atom stereocenters. The van der Waals surface area contributed by atoms with Gasteiger partial charge in [-0.2, -0.15) is 0 Å². The van der Waals surface area contributed by atoms with Gasteiger partial charge < -0.3 is 19.5 Å². The Labute approximate surface area is 213 Å². The largest absolute Gasteiger partial charge is 0.507 e. The number of likely N-dealkylation sites (tertiary alicyclic amines) is 1. The number of carbonyl (C=O) groups excluding carboxylic acids is 1. The summed E-state index contributed by atoms with van der Waals surface area (Å²) in [6, 6.07) is 18.9. The molecule has 1 N–H and O–H groups in total. The Balaban J connectivity index is 1.50. The number of ether oxygens (including phenoxy) is 2. The van der Waals surface area contributed by atoms with Crippen molar-refractivity contribution in [2.24, 2.45) is 5.92 Å². The van der Waals surface area contributed by atoms with E-state index in [4.69, 9.17) is 9.47 Å². The maximum absolute atomic E-state index is 13.3. The number of likely N-dealkylation sites (N-methyl/N-ethyl adjacent to an activating group) is 1. The van der Waals surface area contributed by atoms with Gasteiger partial charge in [0, 0.05) is 31.4 Å². The lowest BCUT2D eigenvalue weighted by Gasteiger charge is -2.40. The van der Waals surface area contributed by atoms with Crippen LogP contribution in [-0.2, 0) is 13.0 Å². The Morgan fingerprint density at radius 1 is 1.08 bits per heavy atom. The molecule has 1 unspecified atom stereocenters. The number of phenolic OH excluding ortho intramolecular Hbond substituents is 1. The molecule has 2 heterocycles. The van der Waals surface area contributed by atoms with Crippen molar-refractivity contribution >= 4 is 5.91 Å². The number of phenols is 1. The molecule has 36 heavy (non-hydrogen) atoms. The fourth-order valence-corrected chi connectivity index (χ4v) is 5.10. The molecular formula is C29H35N3O4. The molecule has 0 spiro atoms. The fourth-order valence-electron chi connectivity index (χ4n) is 5.10. The molecule has 1 fully saturated rings. The van der Waals surface area contributed by atoms with Crippen LogP contribution in [0, 0.1) is 5.92 Å². The van der Waals surface area contributed by atoms with Crippen molar-refractivity contribution in [1.82, 2.24) is 14.8 Å². The van der Waals surface area contributed by atoms with E-state index in [0.717, 1.165) is 49.2 Å². The minimum absolute atomic E-state index is 0.0217.